The Morgan fingerprint density at radius 2 is 0.548 bits per heavy atom. The van der Waals surface area contributed by atoms with Crippen molar-refractivity contribution in [3.05, 3.63) is 158 Å². The average Bonchev–Trinajstić information content (AvgIpc) is 0.920. The number of hydrogen-bond acceptors (Lipinski definition) is 8. The second-order valence-corrected chi connectivity index (χ2v) is 31.2. The number of nitrogens with zero attached hydrogens (tertiary/aromatic N) is 1. The quantitative estimate of drug-likeness (QED) is 0.0195. The molecule has 0 aromatic heterocycles. The molecule has 2 unspecified atom stereocenters. The summed E-state index contributed by atoms with van der Waals surface area (Å²) in [6.07, 6.45) is 124. The summed E-state index contributed by atoms with van der Waals surface area (Å²) in [5, 5.41) is 0. The Bertz CT molecular complexity index is 2320. The van der Waals surface area contributed by atoms with Crippen LogP contribution in [0.5, 0.6) is 0 Å². The number of hydrogen-bond donors (Lipinski definition) is 0. The SMILES string of the molecule is CC/C=C\C/C=C\C/C=C\C/C=C\C/C=C\C/C=C\C/C=C\C/C=C\C/C=C\C/C=C\C/C=C\CCCCCCCCCC(=O)OC(COC(=O)CCCCCCCCCCCCCCCCCCCCCCCCCCCCC/C=C\C/C=C\CCCCCCC)COP(=O)([O-])OCC[N+](C)(C)C. The number of ether oxygens (including phenoxy) is 2. The van der Waals surface area contributed by atoms with E-state index < -0.39 is 26.5 Å². The van der Waals surface area contributed by atoms with E-state index in [0.29, 0.717) is 17.4 Å². The molecule has 0 aromatic carbocycles. The maximum absolute atomic E-state index is 12.9. The number of unbranched alkanes of at least 4 members (excludes halogenated alkanes) is 39. The summed E-state index contributed by atoms with van der Waals surface area (Å²) in [5.74, 6) is -0.841. The number of carbonyl (C=O) groups excluding carboxylic acids is 2. The minimum absolute atomic E-state index is 0.0386. The lowest BCUT2D eigenvalue weighted by Crippen LogP contribution is -2.37. The van der Waals surface area contributed by atoms with E-state index >= 15 is 0 Å². The van der Waals surface area contributed by atoms with E-state index in [4.69, 9.17) is 18.5 Å². The van der Waals surface area contributed by atoms with Crippen molar-refractivity contribution in [2.75, 3.05) is 47.5 Å². The van der Waals surface area contributed by atoms with Crippen molar-refractivity contribution in [3.8, 4) is 0 Å². The van der Waals surface area contributed by atoms with Gasteiger partial charge in [0.2, 0.25) is 0 Å². The van der Waals surface area contributed by atoms with Gasteiger partial charge in [0.25, 0.3) is 7.82 Å². The van der Waals surface area contributed by atoms with E-state index in [1.54, 1.807) is 0 Å². The molecule has 596 valence electrons. The molecule has 0 fully saturated rings. The molecule has 0 aliphatic carbocycles. The van der Waals surface area contributed by atoms with Crippen LogP contribution in [-0.4, -0.2) is 70.0 Å². The van der Waals surface area contributed by atoms with Gasteiger partial charge in [0.05, 0.1) is 27.7 Å². The summed E-state index contributed by atoms with van der Waals surface area (Å²) >= 11 is 0. The fourth-order valence-electron chi connectivity index (χ4n) is 12.0. The number of phosphoric ester groups is 1. The highest BCUT2D eigenvalue weighted by Crippen LogP contribution is 2.38. The van der Waals surface area contributed by atoms with E-state index in [-0.39, 0.29) is 32.0 Å². The minimum atomic E-state index is -4.66. The summed E-state index contributed by atoms with van der Waals surface area (Å²) in [7, 11) is 1.15. The summed E-state index contributed by atoms with van der Waals surface area (Å²) in [5.41, 5.74) is 0. The van der Waals surface area contributed by atoms with Gasteiger partial charge in [-0.3, -0.25) is 14.2 Å². The highest BCUT2D eigenvalue weighted by atomic mass is 31.2. The Morgan fingerprint density at radius 1 is 0.308 bits per heavy atom. The van der Waals surface area contributed by atoms with Gasteiger partial charge in [0.1, 0.15) is 19.8 Å². The topological polar surface area (TPSA) is 111 Å². The van der Waals surface area contributed by atoms with E-state index in [1.165, 1.54) is 212 Å². The molecule has 0 heterocycles. The number of rotatable bonds is 79. The first-order valence-electron chi connectivity index (χ1n) is 43.2. The van der Waals surface area contributed by atoms with Gasteiger partial charge in [0, 0.05) is 12.8 Å². The maximum atomic E-state index is 12.9. The highest BCUT2D eigenvalue weighted by Gasteiger charge is 2.22. The van der Waals surface area contributed by atoms with Gasteiger partial charge in [-0.1, -0.05) is 390 Å². The van der Waals surface area contributed by atoms with Gasteiger partial charge in [-0.2, -0.15) is 0 Å². The van der Waals surface area contributed by atoms with Crippen LogP contribution in [0.4, 0.5) is 0 Å². The molecule has 0 spiro atoms. The predicted molar refractivity (Wildman–Crippen MR) is 452 cm³/mol. The largest absolute Gasteiger partial charge is 0.756 e. The average molecular weight is 1470 g/mol. The molecule has 10 heteroatoms. The van der Waals surface area contributed by atoms with Crippen molar-refractivity contribution < 1.29 is 42.1 Å². The zero-order valence-corrected chi connectivity index (χ0v) is 69.1. The fraction of sp³-hybridized carbons (Fsp3) is 0.702. The lowest BCUT2D eigenvalue weighted by atomic mass is 10.0. The number of quaternary nitrogens is 1. The smallest absolute Gasteiger partial charge is 0.306 e. The first-order chi connectivity index (χ1) is 51.0. The predicted octanol–water partition coefficient (Wildman–Crippen LogP) is 28.8. The summed E-state index contributed by atoms with van der Waals surface area (Å²) < 4.78 is 34.4. The Balaban J connectivity index is 3.99. The van der Waals surface area contributed by atoms with Gasteiger partial charge in [-0.15, -0.1) is 0 Å². The van der Waals surface area contributed by atoms with E-state index in [1.807, 2.05) is 21.1 Å². The molecule has 0 saturated heterocycles. The molecule has 0 amide bonds. The lowest BCUT2D eigenvalue weighted by molar-refractivity contribution is -0.870. The van der Waals surface area contributed by atoms with Crippen LogP contribution in [-0.2, 0) is 32.7 Å². The molecule has 9 nitrogen and oxygen atoms in total. The second-order valence-electron chi connectivity index (χ2n) is 29.8. The molecule has 0 aliphatic rings. The van der Waals surface area contributed by atoms with Crippen LogP contribution in [0.3, 0.4) is 0 Å². The van der Waals surface area contributed by atoms with Crippen molar-refractivity contribution in [2.45, 2.75) is 380 Å². The minimum Gasteiger partial charge on any atom is -0.756 e. The van der Waals surface area contributed by atoms with Gasteiger partial charge >= 0.3 is 11.9 Å². The van der Waals surface area contributed by atoms with Crippen LogP contribution in [0.2, 0.25) is 0 Å². The van der Waals surface area contributed by atoms with E-state index in [0.717, 1.165) is 128 Å². The number of likely N-dealkylation sites (N-methyl/N-ethyl adjacent to an activating group) is 1. The third kappa shape index (κ3) is 86.5. The monoisotopic (exact) mass is 1460 g/mol. The summed E-state index contributed by atoms with van der Waals surface area (Å²) in [4.78, 5) is 38.2. The van der Waals surface area contributed by atoms with Crippen molar-refractivity contribution in [1.82, 2.24) is 0 Å². The Morgan fingerprint density at radius 3 is 0.817 bits per heavy atom. The first-order valence-corrected chi connectivity index (χ1v) is 44.7. The van der Waals surface area contributed by atoms with Crippen LogP contribution in [0.25, 0.3) is 0 Å². The molecule has 0 radical (unpaired) electrons. The normalized spacial score (nSPS) is 13.8. The molecule has 0 rings (SSSR count). The molecule has 0 aromatic rings. The van der Waals surface area contributed by atoms with Crippen molar-refractivity contribution in [1.29, 1.82) is 0 Å². The second kappa shape index (κ2) is 82.7. The Labute approximate surface area is 643 Å². The standard InChI is InChI=1S/C94H162NO8P/c1-6-8-10-12-14-16-18-20-22-24-26-28-30-32-34-36-38-40-42-44-46-47-49-51-53-55-57-59-61-63-65-67-69-71-73-75-77-79-81-83-85-87-94(97)103-92(91-102-104(98,99)101-89-88-95(3,4)5)90-100-93(96)86-84-82-80-78-76-74-72-70-68-66-64-62-60-58-56-54-52-50-48-45-43-41-39-37-35-33-31-29-27-25-23-21-19-17-15-13-11-9-7-2/h8,10,14,16,19-22,25-28,32,34,38,40,44,46,49,51,55,57,61,63,67,69,92H,6-7,9,11-13,15,17-18,23-24,29-31,33,35-37,39,41-43,45,47-48,50,52-54,56,58-60,62,64-66,68,70-91H2,1-5H3/b10-8-,16-14-,21-19-,22-20-,27-25-,28-26-,34-32-,40-38-,46-44-,51-49-,57-55-,63-61-,69-67-. The van der Waals surface area contributed by atoms with E-state index in [9.17, 15) is 19.0 Å². The van der Waals surface area contributed by atoms with Crippen molar-refractivity contribution >= 4 is 19.8 Å². The Kier molecular flexibility index (Phi) is 79.2. The highest BCUT2D eigenvalue weighted by molar-refractivity contribution is 7.45. The molecule has 0 bridgehead atoms. The Hall–Kier alpha value is -4.37. The van der Waals surface area contributed by atoms with Crippen LogP contribution in [0, 0.1) is 0 Å². The molecule has 2 atom stereocenters. The molecule has 0 N–H and O–H groups in total. The van der Waals surface area contributed by atoms with Gasteiger partial charge < -0.3 is 27.9 Å². The van der Waals surface area contributed by atoms with Gasteiger partial charge in [-0.05, 0) is 128 Å². The molecule has 0 aliphatic heterocycles. The molecular weight excluding hydrogens is 1300 g/mol. The third-order valence-electron chi connectivity index (χ3n) is 18.5. The lowest BCUT2D eigenvalue weighted by Gasteiger charge is -2.28. The fourth-order valence-corrected chi connectivity index (χ4v) is 12.7. The number of phosphoric acid groups is 1. The number of esters is 2. The van der Waals surface area contributed by atoms with Crippen molar-refractivity contribution in [3.63, 3.8) is 0 Å². The van der Waals surface area contributed by atoms with Crippen LogP contribution >= 0.6 is 7.82 Å². The van der Waals surface area contributed by atoms with Crippen molar-refractivity contribution in [2.24, 2.45) is 0 Å². The number of carbonyl (C=O) groups is 2. The van der Waals surface area contributed by atoms with Gasteiger partial charge in [-0.25, -0.2) is 0 Å². The van der Waals surface area contributed by atoms with Crippen LogP contribution in [0.1, 0.15) is 373 Å². The van der Waals surface area contributed by atoms with E-state index in [2.05, 4.69) is 172 Å². The molecule has 0 saturated carbocycles. The zero-order chi connectivity index (χ0) is 75.4. The summed E-state index contributed by atoms with van der Waals surface area (Å²) in [6.45, 7) is 4.13. The molecule has 104 heavy (non-hydrogen) atoms. The van der Waals surface area contributed by atoms with Crippen LogP contribution in [0.15, 0.2) is 158 Å². The summed E-state index contributed by atoms with van der Waals surface area (Å²) in [6, 6.07) is 0. The number of allylic oxidation sites excluding steroid dienone is 26. The molecular formula is C94H162NO8P. The van der Waals surface area contributed by atoms with Gasteiger partial charge in [0.15, 0.2) is 6.10 Å². The zero-order valence-electron chi connectivity index (χ0n) is 68.2. The first kappa shape index (κ1) is 99.6. The third-order valence-corrected chi connectivity index (χ3v) is 19.5. The van der Waals surface area contributed by atoms with Crippen LogP contribution < -0.4 is 4.89 Å². The maximum Gasteiger partial charge on any atom is 0.306 e.